The Morgan fingerprint density at radius 2 is 2.04 bits per heavy atom. The molecule has 6 nitrogen and oxygen atoms in total. The number of likely N-dealkylation sites (tertiary alicyclic amines) is 1. The third-order valence-corrected chi connectivity index (χ3v) is 5.92. The number of rotatable bonds is 5. The first kappa shape index (κ1) is 16.7. The Hall–Kier alpha value is -1.73. The third-order valence-electron chi connectivity index (χ3n) is 5.23. The van der Waals surface area contributed by atoms with Crippen LogP contribution in [0.2, 0.25) is 0 Å². The van der Waals surface area contributed by atoms with Gasteiger partial charge >= 0.3 is 0 Å². The molecule has 1 saturated heterocycles. The van der Waals surface area contributed by atoms with Crippen LogP contribution in [0.15, 0.2) is 21.2 Å². The fourth-order valence-electron chi connectivity index (χ4n) is 3.79. The predicted molar refractivity (Wildman–Crippen MR) is 96.4 cm³/mol. The molecule has 2 aromatic heterocycles. The van der Waals surface area contributed by atoms with Gasteiger partial charge in [0, 0.05) is 22.9 Å². The number of carbonyl (C=O) groups is 1. The van der Waals surface area contributed by atoms with E-state index in [9.17, 15) is 4.79 Å². The van der Waals surface area contributed by atoms with Crippen LogP contribution in [0.5, 0.6) is 0 Å². The van der Waals surface area contributed by atoms with E-state index in [2.05, 4.69) is 20.4 Å². The van der Waals surface area contributed by atoms with Crippen LogP contribution in [0.3, 0.4) is 0 Å². The van der Waals surface area contributed by atoms with E-state index in [4.69, 9.17) is 4.42 Å². The minimum absolute atomic E-state index is 0.169. The number of nitrogens with zero attached hydrogens (tertiary/aromatic N) is 3. The summed E-state index contributed by atoms with van der Waals surface area (Å²) in [4.78, 5) is 14.4. The van der Waals surface area contributed by atoms with Crippen LogP contribution >= 0.6 is 11.3 Å². The summed E-state index contributed by atoms with van der Waals surface area (Å²) < 4.78 is 5.86. The Kier molecular flexibility index (Phi) is 5.12. The average molecular weight is 360 g/mol. The largest absolute Gasteiger partial charge is 0.420 e. The molecule has 1 aliphatic heterocycles. The summed E-state index contributed by atoms with van der Waals surface area (Å²) in [5, 5.41) is 15.6. The number of thiophene rings is 1. The van der Waals surface area contributed by atoms with Crippen molar-refractivity contribution in [2.45, 2.75) is 50.5 Å². The highest BCUT2D eigenvalue weighted by Gasteiger charge is 2.27. The molecule has 25 heavy (non-hydrogen) atoms. The van der Waals surface area contributed by atoms with Gasteiger partial charge in [0.2, 0.25) is 17.7 Å². The summed E-state index contributed by atoms with van der Waals surface area (Å²) in [6.45, 7) is 2.31. The Labute approximate surface area is 151 Å². The average Bonchev–Trinajstić information content (AvgIpc) is 3.37. The molecule has 0 unspecified atom stereocenters. The van der Waals surface area contributed by atoms with E-state index in [-0.39, 0.29) is 5.91 Å². The number of amides is 1. The van der Waals surface area contributed by atoms with Crippen molar-refractivity contribution in [2.75, 3.05) is 19.6 Å². The van der Waals surface area contributed by atoms with Crippen LogP contribution in [0.25, 0.3) is 11.5 Å². The number of nitrogens with one attached hydrogen (secondary N) is 1. The fraction of sp³-hybridized carbons (Fsp3) is 0.611. The van der Waals surface area contributed by atoms with E-state index in [1.54, 1.807) is 11.3 Å². The summed E-state index contributed by atoms with van der Waals surface area (Å²) in [6, 6.07) is 2.40. The first-order valence-corrected chi connectivity index (χ1v) is 10.1. The second-order valence-electron chi connectivity index (χ2n) is 7.06. The van der Waals surface area contributed by atoms with Crippen LogP contribution < -0.4 is 5.32 Å². The van der Waals surface area contributed by atoms with Gasteiger partial charge in [-0.3, -0.25) is 9.69 Å². The maximum Gasteiger partial charge on any atom is 0.248 e. The zero-order valence-electron chi connectivity index (χ0n) is 14.3. The van der Waals surface area contributed by atoms with Crippen LogP contribution in [0.1, 0.15) is 50.3 Å². The molecule has 1 aliphatic carbocycles. The Bertz CT molecular complexity index is 686. The van der Waals surface area contributed by atoms with Crippen molar-refractivity contribution in [3.8, 4) is 11.5 Å². The second-order valence-corrected chi connectivity index (χ2v) is 7.84. The highest BCUT2D eigenvalue weighted by molar-refractivity contribution is 7.08. The van der Waals surface area contributed by atoms with Crippen molar-refractivity contribution in [1.82, 2.24) is 20.4 Å². The zero-order chi connectivity index (χ0) is 17.1. The molecule has 1 N–H and O–H groups in total. The van der Waals surface area contributed by atoms with Gasteiger partial charge in [-0.25, -0.2) is 0 Å². The maximum absolute atomic E-state index is 12.2. The first-order valence-electron chi connectivity index (χ1n) is 9.15. The predicted octanol–water partition coefficient (Wildman–Crippen LogP) is 3.04. The van der Waals surface area contributed by atoms with Gasteiger partial charge in [-0.2, -0.15) is 11.3 Å². The molecule has 1 saturated carbocycles. The summed E-state index contributed by atoms with van der Waals surface area (Å²) in [7, 11) is 0. The minimum atomic E-state index is 0.169. The van der Waals surface area contributed by atoms with E-state index >= 15 is 0 Å². The third kappa shape index (κ3) is 4.10. The molecule has 2 aromatic rings. The molecule has 1 amide bonds. The number of hydrogen-bond donors (Lipinski definition) is 1. The standard InChI is InChI=1S/C18H24N4O2S/c23-16(19-15-3-1-2-4-15)11-22-8-5-13(6-9-22)17-20-21-18(24-17)14-7-10-25-12-14/h7,10,12-13,15H,1-6,8-9,11H2,(H,19,23). The molecule has 0 radical (unpaired) electrons. The van der Waals surface area contributed by atoms with Gasteiger partial charge in [-0.05, 0) is 50.2 Å². The molecule has 0 spiro atoms. The summed E-state index contributed by atoms with van der Waals surface area (Å²) >= 11 is 1.62. The van der Waals surface area contributed by atoms with Gasteiger partial charge in [0.05, 0.1) is 6.54 Å². The summed E-state index contributed by atoms with van der Waals surface area (Å²) in [6.07, 6.45) is 6.68. The zero-order valence-corrected chi connectivity index (χ0v) is 15.1. The lowest BCUT2D eigenvalue weighted by atomic mass is 9.97. The van der Waals surface area contributed by atoms with Gasteiger partial charge in [-0.1, -0.05) is 12.8 Å². The Morgan fingerprint density at radius 3 is 2.76 bits per heavy atom. The minimum Gasteiger partial charge on any atom is -0.420 e. The molecule has 3 heterocycles. The lowest BCUT2D eigenvalue weighted by Crippen LogP contribution is -2.43. The SMILES string of the molecule is O=C(CN1CCC(c2nnc(-c3ccsc3)o2)CC1)NC1CCCC1. The van der Waals surface area contributed by atoms with E-state index in [1.165, 1.54) is 12.8 Å². The summed E-state index contributed by atoms with van der Waals surface area (Å²) in [5.41, 5.74) is 0.991. The molecule has 0 atom stereocenters. The fourth-order valence-corrected chi connectivity index (χ4v) is 4.42. The van der Waals surface area contributed by atoms with Gasteiger partial charge in [0.15, 0.2) is 0 Å². The van der Waals surface area contributed by atoms with Crippen LogP contribution in [-0.2, 0) is 4.79 Å². The maximum atomic E-state index is 12.2. The lowest BCUT2D eigenvalue weighted by molar-refractivity contribution is -0.123. The quantitative estimate of drug-likeness (QED) is 0.887. The molecule has 4 rings (SSSR count). The van der Waals surface area contributed by atoms with Gasteiger partial charge in [0.25, 0.3) is 0 Å². The number of aromatic nitrogens is 2. The normalized spacial score (nSPS) is 20.2. The van der Waals surface area contributed by atoms with E-state index in [0.717, 1.165) is 50.2 Å². The molecule has 7 heteroatoms. The monoisotopic (exact) mass is 360 g/mol. The van der Waals surface area contributed by atoms with E-state index in [0.29, 0.717) is 24.4 Å². The Balaban J connectivity index is 1.26. The van der Waals surface area contributed by atoms with Crippen molar-refractivity contribution in [2.24, 2.45) is 0 Å². The Morgan fingerprint density at radius 1 is 1.24 bits per heavy atom. The van der Waals surface area contributed by atoms with Crippen molar-refractivity contribution < 1.29 is 9.21 Å². The molecular formula is C18H24N4O2S. The van der Waals surface area contributed by atoms with Gasteiger partial charge in [0.1, 0.15) is 0 Å². The molecule has 0 aromatic carbocycles. The van der Waals surface area contributed by atoms with E-state index < -0.39 is 0 Å². The van der Waals surface area contributed by atoms with Crippen LogP contribution in [0.4, 0.5) is 0 Å². The number of hydrogen-bond acceptors (Lipinski definition) is 6. The molecule has 2 aliphatic rings. The number of piperidine rings is 1. The number of carbonyl (C=O) groups excluding carboxylic acids is 1. The topological polar surface area (TPSA) is 71.3 Å². The molecule has 134 valence electrons. The smallest absolute Gasteiger partial charge is 0.248 e. The van der Waals surface area contributed by atoms with Crippen LogP contribution in [0, 0.1) is 0 Å². The first-order chi connectivity index (χ1) is 12.3. The highest BCUT2D eigenvalue weighted by Crippen LogP contribution is 2.29. The molecule has 0 bridgehead atoms. The van der Waals surface area contributed by atoms with Gasteiger partial charge in [-0.15, -0.1) is 10.2 Å². The summed E-state index contributed by atoms with van der Waals surface area (Å²) in [5.74, 6) is 1.81. The highest BCUT2D eigenvalue weighted by atomic mass is 32.1. The molecular weight excluding hydrogens is 336 g/mol. The van der Waals surface area contributed by atoms with E-state index in [1.807, 2.05) is 16.8 Å². The lowest BCUT2D eigenvalue weighted by Gasteiger charge is -2.30. The van der Waals surface area contributed by atoms with Crippen molar-refractivity contribution >= 4 is 17.2 Å². The second kappa shape index (κ2) is 7.66. The van der Waals surface area contributed by atoms with Crippen molar-refractivity contribution in [3.63, 3.8) is 0 Å². The van der Waals surface area contributed by atoms with Crippen molar-refractivity contribution in [1.29, 1.82) is 0 Å². The van der Waals surface area contributed by atoms with Crippen molar-refractivity contribution in [3.05, 3.63) is 22.7 Å². The van der Waals surface area contributed by atoms with Crippen LogP contribution in [-0.4, -0.2) is 46.7 Å². The van der Waals surface area contributed by atoms with Gasteiger partial charge < -0.3 is 9.73 Å². The molecule has 2 fully saturated rings.